The van der Waals surface area contributed by atoms with Crippen molar-refractivity contribution < 1.29 is 9.72 Å². The van der Waals surface area contributed by atoms with Crippen LogP contribution in [0.25, 0.3) is 0 Å². The van der Waals surface area contributed by atoms with Gasteiger partial charge in [-0.2, -0.15) is 0 Å². The molecule has 0 heterocycles. The minimum Gasteiger partial charge on any atom is -0.352 e. The topological polar surface area (TPSA) is 110 Å². The Hall–Kier alpha value is -2.15. The molecule has 1 aromatic carbocycles. The smallest absolute Gasteiger partial charge is 0.312 e. The maximum Gasteiger partial charge on any atom is 0.312 e. The average Bonchev–Trinajstić information content (AvgIpc) is 2.30. The number of rotatable bonds is 6. The fourth-order valence-electron chi connectivity index (χ4n) is 1.56. The van der Waals surface area contributed by atoms with Crippen LogP contribution in [-0.4, -0.2) is 24.0 Å². The van der Waals surface area contributed by atoms with Crippen LogP contribution in [0.3, 0.4) is 0 Å². The van der Waals surface area contributed by atoms with Crippen LogP contribution < -0.4 is 16.4 Å². The van der Waals surface area contributed by atoms with Gasteiger partial charge in [-0.1, -0.05) is 12.1 Å². The Morgan fingerprint density at radius 3 is 2.78 bits per heavy atom. The summed E-state index contributed by atoms with van der Waals surface area (Å²) in [6.45, 7) is 3.19. The highest BCUT2D eigenvalue weighted by Crippen LogP contribution is 2.20. The normalized spacial score (nSPS) is 10.1. The molecule has 2 amide bonds. The summed E-state index contributed by atoms with van der Waals surface area (Å²) in [4.78, 5) is 20.8. The molecule has 0 aromatic heterocycles. The second-order valence-electron chi connectivity index (χ2n) is 3.79. The van der Waals surface area contributed by atoms with Crippen molar-refractivity contribution >= 4 is 11.7 Å². The summed E-state index contributed by atoms with van der Waals surface area (Å²) in [7, 11) is 0. The Balaban J connectivity index is 2.50. The molecule has 0 fully saturated rings. The number of nitro groups is 1. The number of nitrogens with two attached hydrogens (primary N) is 1. The van der Waals surface area contributed by atoms with E-state index in [1.165, 1.54) is 6.07 Å². The molecular weight excluding hydrogens is 236 g/mol. The maximum atomic E-state index is 10.7. The fourth-order valence-corrected chi connectivity index (χ4v) is 1.56. The van der Waals surface area contributed by atoms with Gasteiger partial charge >= 0.3 is 6.03 Å². The Morgan fingerprint density at radius 2 is 2.17 bits per heavy atom. The van der Waals surface area contributed by atoms with E-state index < -0.39 is 11.0 Å². The Kier molecular flexibility index (Phi) is 5.06. The van der Waals surface area contributed by atoms with Crippen LogP contribution in [0.4, 0.5) is 10.5 Å². The van der Waals surface area contributed by atoms with Gasteiger partial charge < -0.3 is 16.4 Å². The summed E-state index contributed by atoms with van der Waals surface area (Å²) in [5, 5.41) is 16.3. The van der Waals surface area contributed by atoms with E-state index in [9.17, 15) is 14.9 Å². The van der Waals surface area contributed by atoms with E-state index in [0.29, 0.717) is 25.2 Å². The maximum absolute atomic E-state index is 10.7. The SMILES string of the molecule is Cc1c(CNCCNC(N)=O)cccc1[N+](=O)[O-]. The van der Waals surface area contributed by atoms with Crippen LogP contribution in [0, 0.1) is 17.0 Å². The standard InChI is InChI=1S/C11H16N4O3/c1-8-9(3-2-4-10(8)15(17)18)7-13-5-6-14-11(12)16/h2-4,13H,5-7H2,1H3,(H3,12,14,16). The van der Waals surface area contributed by atoms with E-state index in [0.717, 1.165) is 5.56 Å². The van der Waals surface area contributed by atoms with Crippen molar-refractivity contribution in [2.24, 2.45) is 5.73 Å². The zero-order chi connectivity index (χ0) is 13.5. The van der Waals surface area contributed by atoms with Crippen LogP contribution in [0.15, 0.2) is 18.2 Å². The molecule has 98 valence electrons. The van der Waals surface area contributed by atoms with Crippen molar-refractivity contribution in [2.75, 3.05) is 13.1 Å². The second kappa shape index (κ2) is 6.55. The van der Waals surface area contributed by atoms with Crippen LogP contribution in [0.2, 0.25) is 0 Å². The molecule has 0 bridgehead atoms. The minimum absolute atomic E-state index is 0.115. The lowest BCUT2D eigenvalue weighted by Gasteiger charge is -2.08. The van der Waals surface area contributed by atoms with Gasteiger partial charge in [0.05, 0.1) is 4.92 Å². The summed E-state index contributed by atoms with van der Waals surface area (Å²) >= 11 is 0. The van der Waals surface area contributed by atoms with Crippen molar-refractivity contribution in [1.82, 2.24) is 10.6 Å². The highest BCUT2D eigenvalue weighted by molar-refractivity contribution is 5.71. The van der Waals surface area contributed by atoms with Crippen LogP contribution in [0.5, 0.6) is 0 Å². The predicted octanol–water partition coefficient (Wildman–Crippen LogP) is 0.661. The van der Waals surface area contributed by atoms with Crippen LogP contribution in [-0.2, 0) is 6.54 Å². The molecule has 0 saturated carbocycles. The number of benzene rings is 1. The average molecular weight is 252 g/mol. The van der Waals surface area contributed by atoms with Gasteiger partial charge in [-0.05, 0) is 12.5 Å². The third-order valence-corrected chi connectivity index (χ3v) is 2.53. The van der Waals surface area contributed by atoms with E-state index in [4.69, 9.17) is 5.73 Å². The van der Waals surface area contributed by atoms with Crippen molar-refractivity contribution in [3.8, 4) is 0 Å². The summed E-state index contributed by atoms with van der Waals surface area (Å²) in [6, 6.07) is 4.40. The zero-order valence-corrected chi connectivity index (χ0v) is 10.1. The Labute approximate surface area is 105 Å². The first kappa shape index (κ1) is 13.9. The Morgan fingerprint density at radius 1 is 1.44 bits per heavy atom. The molecule has 7 nitrogen and oxygen atoms in total. The highest BCUT2D eigenvalue weighted by atomic mass is 16.6. The van der Waals surface area contributed by atoms with Gasteiger partial charge in [-0.25, -0.2) is 4.79 Å². The second-order valence-corrected chi connectivity index (χ2v) is 3.79. The molecule has 0 aliphatic rings. The van der Waals surface area contributed by atoms with Crippen LogP contribution >= 0.6 is 0 Å². The van der Waals surface area contributed by atoms with Gasteiger partial charge in [0.25, 0.3) is 5.69 Å². The monoisotopic (exact) mass is 252 g/mol. The number of carbonyl (C=O) groups is 1. The number of nitrogens with zero attached hydrogens (tertiary/aromatic N) is 1. The van der Waals surface area contributed by atoms with Crippen molar-refractivity contribution in [2.45, 2.75) is 13.5 Å². The van der Waals surface area contributed by atoms with Gasteiger partial charge in [0.15, 0.2) is 0 Å². The molecular formula is C11H16N4O3. The molecule has 7 heteroatoms. The number of amides is 2. The van der Waals surface area contributed by atoms with Crippen molar-refractivity contribution in [3.63, 3.8) is 0 Å². The lowest BCUT2D eigenvalue weighted by atomic mass is 10.1. The van der Waals surface area contributed by atoms with E-state index in [2.05, 4.69) is 10.6 Å². The number of carbonyl (C=O) groups excluding carboxylic acids is 1. The molecule has 0 aliphatic carbocycles. The third kappa shape index (κ3) is 4.02. The van der Waals surface area contributed by atoms with Gasteiger partial charge in [0.1, 0.15) is 0 Å². The summed E-state index contributed by atoms with van der Waals surface area (Å²) in [5.74, 6) is 0. The summed E-state index contributed by atoms with van der Waals surface area (Å²) in [5.41, 5.74) is 6.54. The molecule has 18 heavy (non-hydrogen) atoms. The minimum atomic E-state index is -0.566. The van der Waals surface area contributed by atoms with Crippen molar-refractivity contribution in [3.05, 3.63) is 39.4 Å². The van der Waals surface area contributed by atoms with Gasteiger partial charge in [-0.3, -0.25) is 10.1 Å². The molecule has 4 N–H and O–H groups in total. The number of primary amides is 1. The lowest BCUT2D eigenvalue weighted by molar-refractivity contribution is -0.385. The molecule has 0 unspecified atom stereocenters. The number of nitrogens with one attached hydrogen (secondary N) is 2. The molecule has 1 aromatic rings. The molecule has 0 atom stereocenters. The lowest BCUT2D eigenvalue weighted by Crippen LogP contribution is -2.35. The van der Waals surface area contributed by atoms with E-state index in [1.807, 2.05) is 6.07 Å². The number of urea groups is 1. The number of hydrogen-bond donors (Lipinski definition) is 3. The van der Waals surface area contributed by atoms with Gasteiger partial charge in [0.2, 0.25) is 0 Å². The van der Waals surface area contributed by atoms with Crippen LogP contribution in [0.1, 0.15) is 11.1 Å². The first-order chi connectivity index (χ1) is 8.52. The van der Waals surface area contributed by atoms with E-state index in [1.54, 1.807) is 13.0 Å². The highest BCUT2D eigenvalue weighted by Gasteiger charge is 2.12. The number of hydrogen-bond acceptors (Lipinski definition) is 4. The number of nitro benzene ring substituents is 1. The quantitative estimate of drug-likeness (QED) is 0.392. The zero-order valence-electron chi connectivity index (χ0n) is 10.1. The first-order valence-electron chi connectivity index (χ1n) is 5.49. The Bertz CT molecular complexity index is 448. The van der Waals surface area contributed by atoms with Gasteiger partial charge in [0, 0.05) is 31.3 Å². The summed E-state index contributed by atoms with van der Waals surface area (Å²) in [6.07, 6.45) is 0. The summed E-state index contributed by atoms with van der Waals surface area (Å²) < 4.78 is 0. The van der Waals surface area contributed by atoms with E-state index >= 15 is 0 Å². The largest absolute Gasteiger partial charge is 0.352 e. The molecule has 0 radical (unpaired) electrons. The molecule has 0 aliphatic heterocycles. The van der Waals surface area contributed by atoms with Crippen molar-refractivity contribution in [1.29, 1.82) is 0 Å². The third-order valence-electron chi connectivity index (χ3n) is 2.53. The first-order valence-corrected chi connectivity index (χ1v) is 5.49. The fraction of sp³-hybridized carbons (Fsp3) is 0.364. The molecule has 0 saturated heterocycles. The van der Waals surface area contributed by atoms with E-state index in [-0.39, 0.29) is 5.69 Å². The van der Waals surface area contributed by atoms with Gasteiger partial charge in [-0.15, -0.1) is 0 Å². The molecule has 0 spiro atoms. The molecule has 1 rings (SSSR count). The predicted molar refractivity (Wildman–Crippen MR) is 67.1 cm³/mol.